The zero-order valence-electron chi connectivity index (χ0n) is 14.3. The van der Waals surface area contributed by atoms with Crippen LogP contribution in [0, 0.1) is 19.8 Å². The summed E-state index contributed by atoms with van der Waals surface area (Å²) in [6.45, 7) is 8.59. The number of likely N-dealkylation sites (tertiary alicyclic amines) is 1. The lowest BCUT2D eigenvalue weighted by Crippen LogP contribution is -2.45. The average Bonchev–Trinajstić information content (AvgIpc) is 2.92. The molecule has 3 rings (SSSR count). The molecule has 0 radical (unpaired) electrons. The first-order valence-electron chi connectivity index (χ1n) is 8.80. The van der Waals surface area contributed by atoms with Gasteiger partial charge in [0.2, 0.25) is 0 Å². The minimum absolute atomic E-state index is 0.00814. The molecule has 1 aromatic heterocycles. The van der Waals surface area contributed by atoms with Crippen LogP contribution in [0.1, 0.15) is 47.6 Å². The number of hydrogen-bond acceptors (Lipinski definition) is 4. The van der Waals surface area contributed by atoms with Crippen molar-refractivity contribution < 1.29 is 13.9 Å². The maximum Gasteiger partial charge on any atom is 0.254 e. The highest BCUT2D eigenvalue weighted by molar-refractivity contribution is 5.95. The van der Waals surface area contributed by atoms with Gasteiger partial charge in [-0.1, -0.05) is 0 Å². The number of furan rings is 1. The first kappa shape index (κ1) is 16.5. The van der Waals surface area contributed by atoms with E-state index in [2.05, 4.69) is 10.2 Å². The van der Waals surface area contributed by atoms with Gasteiger partial charge in [0.15, 0.2) is 0 Å². The fourth-order valence-electron chi connectivity index (χ4n) is 3.76. The van der Waals surface area contributed by atoms with Crippen molar-refractivity contribution in [3.05, 3.63) is 23.2 Å². The van der Waals surface area contributed by atoms with Crippen LogP contribution in [-0.2, 0) is 4.74 Å². The second kappa shape index (κ2) is 7.49. The van der Waals surface area contributed by atoms with Crippen molar-refractivity contribution in [1.29, 1.82) is 0 Å². The smallest absolute Gasteiger partial charge is 0.254 e. The molecule has 2 aliphatic rings. The minimum Gasteiger partial charge on any atom is -0.466 e. The molecule has 0 saturated carbocycles. The predicted octanol–water partition coefficient (Wildman–Crippen LogP) is 2.52. The number of carbonyl (C=O) groups excluding carboxylic acids is 1. The van der Waals surface area contributed by atoms with Gasteiger partial charge in [0, 0.05) is 25.8 Å². The van der Waals surface area contributed by atoms with Gasteiger partial charge < -0.3 is 19.4 Å². The van der Waals surface area contributed by atoms with Crippen LogP contribution in [0.15, 0.2) is 10.5 Å². The zero-order valence-corrected chi connectivity index (χ0v) is 14.3. The third kappa shape index (κ3) is 4.15. The summed E-state index contributed by atoms with van der Waals surface area (Å²) in [7, 11) is 0. The van der Waals surface area contributed by atoms with Crippen LogP contribution in [-0.4, -0.2) is 49.7 Å². The number of carbonyl (C=O) groups is 1. The van der Waals surface area contributed by atoms with Gasteiger partial charge in [-0.25, -0.2) is 0 Å². The normalized spacial score (nSPS) is 21.5. The predicted molar refractivity (Wildman–Crippen MR) is 88.7 cm³/mol. The van der Waals surface area contributed by atoms with E-state index in [4.69, 9.17) is 9.15 Å². The van der Waals surface area contributed by atoms with Gasteiger partial charge in [-0.2, -0.15) is 0 Å². The molecule has 0 unspecified atom stereocenters. The molecule has 0 bridgehead atoms. The van der Waals surface area contributed by atoms with Gasteiger partial charge in [0.25, 0.3) is 5.91 Å². The Kier molecular flexibility index (Phi) is 5.38. The number of nitrogens with zero attached hydrogens (tertiary/aromatic N) is 1. The number of piperidine rings is 1. The number of hydrogen-bond donors (Lipinski definition) is 1. The Balaban J connectivity index is 1.42. The first-order valence-corrected chi connectivity index (χ1v) is 8.80. The number of aryl methyl sites for hydroxylation is 2. The Morgan fingerprint density at radius 3 is 2.52 bits per heavy atom. The van der Waals surface area contributed by atoms with Gasteiger partial charge in [0.05, 0.1) is 5.56 Å². The largest absolute Gasteiger partial charge is 0.466 e. The van der Waals surface area contributed by atoms with E-state index in [-0.39, 0.29) is 5.91 Å². The summed E-state index contributed by atoms with van der Waals surface area (Å²) >= 11 is 0. The molecule has 0 aromatic carbocycles. The molecule has 2 aliphatic heterocycles. The summed E-state index contributed by atoms with van der Waals surface area (Å²) in [6, 6.07) is 2.52. The van der Waals surface area contributed by atoms with E-state index in [0.717, 1.165) is 38.6 Å². The Hall–Kier alpha value is -1.33. The summed E-state index contributed by atoms with van der Waals surface area (Å²) in [4.78, 5) is 14.9. The van der Waals surface area contributed by atoms with Crippen LogP contribution in [0.25, 0.3) is 0 Å². The molecule has 5 nitrogen and oxygen atoms in total. The van der Waals surface area contributed by atoms with Crippen molar-refractivity contribution in [2.75, 3.05) is 32.8 Å². The lowest BCUT2D eigenvalue weighted by Gasteiger charge is -2.39. The van der Waals surface area contributed by atoms with Gasteiger partial charge in [-0.3, -0.25) is 4.79 Å². The molecule has 1 N–H and O–H groups in total. The van der Waals surface area contributed by atoms with Crippen LogP contribution in [0.3, 0.4) is 0 Å². The van der Waals surface area contributed by atoms with Crippen molar-refractivity contribution in [2.45, 2.75) is 45.6 Å². The summed E-state index contributed by atoms with van der Waals surface area (Å²) in [6.07, 6.45) is 4.67. The zero-order chi connectivity index (χ0) is 16.2. The molecule has 128 valence electrons. The molecule has 5 heteroatoms. The standard InChI is InChI=1S/C18H28N2O3/c1-13-11-17(14(2)23-13)18(21)19-12-15-3-7-20(8-4-15)16-5-9-22-10-6-16/h11,15-16H,3-10,12H2,1-2H3,(H,19,21). The SMILES string of the molecule is Cc1cc(C(=O)NCC2CCN(C3CCOCC3)CC2)c(C)o1. The highest BCUT2D eigenvalue weighted by atomic mass is 16.5. The van der Waals surface area contributed by atoms with Crippen molar-refractivity contribution in [1.82, 2.24) is 10.2 Å². The second-order valence-corrected chi connectivity index (χ2v) is 6.86. The fraction of sp³-hybridized carbons (Fsp3) is 0.722. The van der Waals surface area contributed by atoms with E-state index in [1.54, 1.807) is 0 Å². The van der Waals surface area contributed by atoms with Crippen LogP contribution in [0.5, 0.6) is 0 Å². The van der Waals surface area contributed by atoms with E-state index in [0.29, 0.717) is 23.3 Å². The summed E-state index contributed by atoms with van der Waals surface area (Å²) in [5.74, 6) is 2.07. The topological polar surface area (TPSA) is 54.7 Å². The number of nitrogens with one attached hydrogen (secondary N) is 1. The monoisotopic (exact) mass is 320 g/mol. The van der Waals surface area contributed by atoms with Crippen LogP contribution in [0.2, 0.25) is 0 Å². The molecule has 1 amide bonds. The molecular weight excluding hydrogens is 292 g/mol. The first-order chi connectivity index (χ1) is 11.1. The van der Waals surface area contributed by atoms with Crippen LogP contribution < -0.4 is 5.32 Å². The highest BCUT2D eigenvalue weighted by Crippen LogP contribution is 2.23. The minimum atomic E-state index is -0.00814. The van der Waals surface area contributed by atoms with Gasteiger partial charge in [0.1, 0.15) is 11.5 Å². The van der Waals surface area contributed by atoms with Crippen LogP contribution in [0.4, 0.5) is 0 Å². The fourth-order valence-corrected chi connectivity index (χ4v) is 3.76. The third-order valence-electron chi connectivity index (χ3n) is 5.19. The molecule has 0 atom stereocenters. The Labute approximate surface area is 138 Å². The van der Waals surface area contributed by atoms with Crippen LogP contribution >= 0.6 is 0 Å². The quantitative estimate of drug-likeness (QED) is 0.926. The molecule has 1 aromatic rings. The maximum absolute atomic E-state index is 12.2. The number of ether oxygens (including phenoxy) is 1. The molecule has 2 fully saturated rings. The molecular formula is C18H28N2O3. The third-order valence-corrected chi connectivity index (χ3v) is 5.19. The van der Waals surface area contributed by atoms with Crippen molar-refractivity contribution in [2.24, 2.45) is 5.92 Å². The molecule has 3 heterocycles. The van der Waals surface area contributed by atoms with Gasteiger partial charge in [-0.15, -0.1) is 0 Å². The van der Waals surface area contributed by atoms with Gasteiger partial charge in [-0.05, 0) is 64.6 Å². The number of rotatable bonds is 4. The second-order valence-electron chi connectivity index (χ2n) is 6.86. The molecule has 0 spiro atoms. The maximum atomic E-state index is 12.2. The van der Waals surface area contributed by atoms with E-state index < -0.39 is 0 Å². The van der Waals surface area contributed by atoms with E-state index in [9.17, 15) is 4.79 Å². The van der Waals surface area contributed by atoms with Crippen molar-refractivity contribution in [3.8, 4) is 0 Å². The lowest BCUT2D eigenvalue weighted by molar-refractivity contribution is 0.0211. The Morgan fingerprint density at radius 2 is 1.91 bits per heavy atom. The number of amides is 1. The van der Waals surface area contributed by atoms with Gasteiger partial charge >= 0.3 is 0 Å². The summed E-state index contributed by atoms with van der Waals surface area (Å²) < 4.78 is 10.9. The Bertz CT molecular complexity index is 526. The molecule has 23 heavy (non-hydrogen) atoms. The average molecular weight is 320 g/mol. The highest BCUT2D eigenvalue weighted by Gasteiger charge is 2.26. The lowest BCUT2D eigenvalue weighted by atomic mass is 9.94. The summed E-state index contributed by atoms with van der Waals surface area (Å²) in [5, 5.41) is 3.08. The molecule has 0 aliphatic carbocycles. The van der Waals surface area contributed by atoms with E-state index in [1.807, 2.05) is 19.9 Å². The van der Waals surface area contributed by atoms with Crippen molar-refractivity contribution >= 4 is 5.91 Å². The Morgan fingerprint density at radius 1 is 1.22 bits per heavy atom. The summed E-state index contributed by atoms with van der Waals surface area (Å²) in [5.41, 5.74) is 0.669. The van der Waals surface area contributed by atoms with E-state index >= 15 is 0 Å². The van der Waals surface area contributed by atoms with Crippen molar-refractivity contribution in [3.63, 3.8) is 0 Å². The van der Waals surface area contributed by atoms with E-state index in [1.165, 1.54) is 25.7 Å². The molecule has 2 saturated heterocycles.